The van der Waals surface area contributed by atoms with Crippen LogP contribution in [0, 0.1) is 0 Å². The van der Waals surface area contributed by atoms with Crippen molar-refractivity contribution in [2.75, 3.05) is 40.9 Å². The van der Waals surface area contributed by atoms with Crippen molar-refractivity contribution in [1.29, 1.82) is 0 Å². The van der Waals surface area contributed by atoms with Crippen LogP contribution >= 0.6 is 7.82 Å². The Kier molecular flexibility index (Phi) is 60.8. The number of hydrogen-bond acceptors (Lipinski definition) is 7. The molecule has 0 bridgehead atoms. The average molecular weight is 1200 g/mol. The molecule has 3 atom stereocenters. The molecule has 1 N–H and O–H groups in total. The topological polar surface area (TPSA) is 114 Å². The normalized spacial score (nSPS) is 14.3. The van der Waals surface area contributed by atoms with Crippen molar-refractivity contribution in [2.24, 2.45) is 0 Å². The molecule has 0 heterocycles. The molecule has 0 saturated carbocycles. The second-order valence-corrected chi connectivity index (χ2v) is 25.7. The third-order valence-electron chi connectivity index (χ3n) is 14.9. The Balaban J connectivity index is 5.21. The Bertz CT molecular complexity index is 1870. The van der Waals surface area contributed by atoms with Gasteiger partial charge in [0.25, 0.3) is 7.82 Å². The van der Waals surface area contributed by atoms with Crippen molar-refractivity contribution in [3.63, 3.8) is 0 Å². The van der Waals surface area contributed by atoms with E-state index < -0.39 is 26.6 Å². The Morgan fingerprint density at radius 1 is 0.424 bits per heavy atom. The van der Waals surface area contributed by atoms with Gasteiger partial charge in [-0.25, -0.2) is 0 Å². The number of quaternary nitrogens is 1. The van der Waals surface area contributed by atoms with Crippen LogP contribution in [0.25, 0.3) is 0 Å². The first-order chi connectivity index (χ1) is 41.4. The molecule has 85 heavy (non-hydrogen) atoms. The summed E-state index contributed by atoms with van der Waals surface area (Å²) in [7, 11) is 1.15. The Morgan fingerprint density at radius 2 is 0.753 bits per heavy atom. The summed E-state index contributed by atoms with van der Waals surface area (Å²) in [6.07, 6.45) is 88.9. The maximum absolute atomic E-state index is 13.6. The van der Waals surface area contributed by atoms with Crippen LogP contribution in [0.15, 0.2) is 122 Å². The lowest BCUT2D eigenvalue weighted by molar-refractivity contribution is -0.870. The third kappa shape index (κ3) is 64.7. The number of unbranched alkanes of at least 4 members (excludes halogenated alkanes) is 28. The second kappa shape index (κ2) is 63.4. The highest BCUT2D eigenvalue weighted by Crippen LogP contribution is 2.38. The number of rotatable bonds is 62. The van der Waals surface area contributed by atoms with Crippen LogP contribution in [0.2, 0.25) is 0 Å². The lowest BCUT2D eigenvalue weighted by Crippen LogP contribution is -2.47. The number of phosphoric acid groups is 1. The maximum Gasteiger partial charge on any atom is 0.306 e. The van der Waals surface area contributed by atoms with Gasteiger partial charge in [-0.15, -0.1) is 0 Å². The number of esters is 1. The minimum Gasteiger partial charge on any atom is -0.756 e. The van der Waals surface area contributed by atoms with Crippen LogP contribution in [0.1, 0.15) is 290 Å². The van der Waals surface area contributed by atoms with E-state index in [0.717, 1.165) is 109 Å². The fourth-order valence-corrected chi connectivity index (χ4v) is 10.3. The van der Waals surface area contributed by atoms with E-state index >= 15 is 0 Å². The third-order valence-corrected chi connectivity index (χ3v) is 15.8. The Morgan fingerprint density at radius 3 is 1.16 bits per heavy atom. The summed E-state index contributed by atoms with van der Waals surface area (Å²) >= 11 is 0. The van der Waals surface area contributed by atoms with Gasteiger partial charge in [-0.2, -0.15) is 0 Å². The largest absolute Gasteiger partial charge is 0.756 e. The molecule has 0 aromatic heterocycles. The van der Waals surface area contributed by atoms with Crippen molar-refractivity contribution < 1.29 is 37.3 Å². The van der Waals surface area contributed by atoms with Gasteiger partial charge >= 0.3 is 5.97 Å². The van der Waals surface area contributed by atoms with Crippen molar-refractivity contribution in [3.8, 4) is 0 Å². The molecule has 0 aliphatic heterocycles. The first kappa shape index (κ1) is 81.4. The zero-order chi connectivity index (χ0) is 62.1. The molecule has 0 aromatic rings. The standard InChI is InChI=1S/C75H131N2O7P/c1-7-10-13-16-19-22-25-28-30-32-34-36-37-38-39-41-42-44-46-49-52-55-58-61-64-67-74(78)76-72(71-83-85(80,81)82-70-69-77(4,5)6)73(66-63-60-57-54-51-48-27-24-21-18-15-12-9-3)84-75(79)68-65-62-59-56-53-50-47-45-43-40-35-33-31-29-26-23-20-17-14-11-8-2/h11,14,19-20,22-23,28-31,34-36,40,45,47,53,56,63,66,72-73H,7-10,12-13,15-18,21,24-27,32-33,37-39,41-44,46,48-52,54-55,57-62,64-65,67-71H2,1-6H3,(H-,76,78,80,81)/b14-11-,22-19-,23-20-,30-28-,31-29-,36-34-,40-35-,47-45-,56-53-,66-63-. The van der Waals surface area contributed by atoms with E-state index in [1.54, 1.807) is 0 Å². The first-order valence-electron chi connectivity index (χ1n) is 34.8. The molecule has 0 aliphatic carbocycles. The van der Waals surface area contributed by atoms with Crippen molar-refractivity contribution in [1.82, 2.24) is 5.32 Å². The van der Waals surface area contributed by atoms with Crippen molar-refractivity contribution >= 4 is 19.7 Å². The zero-order valence-electron chi connectivity index (χ0n) is 55.8. The fraction of sp³-hybridized carbons (Fsp3) is 0.707. The molecule has 0 spiro atoms. The summed E-state index contributed by atoms with van der Waals surface area (Å²) in [5.41, 5.74) is 0. The van der Waals surface area contributed by atoms with Gasteiger partial charge < -0.3 is 28.5 Å². The summed E-state index contributed by atoms with van der Waals surface area (Å²) in [5.74, 6) is -0.595. The van der Waals surface area contributed by atoms with Gasteiger partial charge in [-0.05, 0) is 122 Å². The molecule has 0 rings (SSSR count). The summed E-state index contributed by atoms with van der Waals surface area (Å²) in [4.78, 5) is 40.2. The molecule has 3 unspecified atom stereocenters. The maximum atomic E-state index is 13.6. The van der Waals surface area contributed by atoms with E-state index in [1.165, 1.54) is 141 Å². The first-order valence-corrected chi connectivity index (χ1v) is 36.3. The number of nitrogens with one attached hydrogen (secondary N) is 1. The lowest BCUT2D eigenvalue weighted by atomic mass is 10.0. The van der Waals surface area contributed by atoms with Crippen LogP contribution in [-0.2, 0) is 27.9 Å². The van der Waals surface area contributed by atoms with E-state index in [4.69, 9.17) is 13.8 Å². The highest BCUT2D eigenvalue weighted by Gasteiger charge is 2.27. The van der Waals surface area contributed by atoms with Crippen molar-refractivity contribution in [3.05, 3.63) is 122 Å². The monoisotopic (exact) mass is 1200 g/mol. The SMILES string of the molecule is CC/C=C\C/C=C\C/C=C\C/C=C\C/C=C\C/C=C\CCCCC(=O)OC(/C=C\CCCCCCCCCCCCC)C(COP(=O)([O-])OCC[N+](C)(C)C)NC(=O)CCCCCCCCCCCCCC/C=C\C/C=C\C/C=C\CCCCC. The Labute approximate surface area is 524 Å². The number of carbonyl (C=O) groups excluding carboxylic acids is 2. The predicted molar refractivity (Wildman–Crippen MR) is 367 cm³/mol. The van der Waals surface area contributed by atoms with E-state index in [-0.39, 0.29) is 24.9 Å². The van der Waals surface area contributed by atoms with Gasteiger partial charge in [0.15, 0.2) is 0 Å². The van der Waals surface area contributed by atoms with Crippen LogP contribution in [0.4, 0.5) is 0 Å². The average Bonchev–Trinajstić information content (AvgIpc) is 3.48. The highest BCUT2D eigenvalue weighted by molar-refractivity contribution is 7.45. The van der Waals surface area contributed by atoms with E-state index in [2.05, 4.69) is 135 Å². The number of nitrogens with zero attached hydrogens (tertiary/aromatic N) is 1. The quantitative estimate of drug-likeness (QED) is 0.0212. The molecule has 0 radical (unpaired) electrons. The van der Waals surface area contributed by atoms with Gasteiger partial charge in [-0.1, -0.05) is 277 Å². The van der Waals surface area contributed by atoms with Gasteiger partial charge in [0.1, 0.15) is 19.3 Å². The number of likely N-dealkylation sites (N-methyl/N-ethyl adjacent to an activating group) is 1. The number of carbonyl (C=O) groups is 2. The number of hydrogen-bond donors (Lipinski definition) is 1. The molecule has 10 heteroatoms. The summed E-state index contributed by atoms with van der Waals surface area (Å²) in [6, 6.07) is -0.917. The van der Waals surface area contributed by atoms with E-state index in [1.807, 2.05) is 33.3 Å². The van der Waals surface area contributed by atoms with E-state index in [9.17, 15) is 19.0 Å². The molecule has 0 saturated heterocycles. The number of allylic oxidation sites excluding steroid dienone is 19. The minimum atomic E-state index is -4.72. The summed E-state index contributed by atoms with van der Waals surface area (Å²) in [5, 5.41) is 3.03. The lowest BCUT2D eigenvalue weighted by Gasteiger charge is -2.30. The van der Waals surface area contributed by atoms with Gasteiger partial charge in [-0.3, -0.25) is 14.2 Å². The molecule has 1 amide bonds. The van der Waals surface area contributed by atoms with Crippen LogP contribution < -0.4 is 10.2 Å². The smallest absolute Gasteiger partial charge is 0.306 e. The fourth-order valence-electron chi connectivity index (χ4n) is 9.53. The van der Waals surface area contributed by atoms with Gasteiger partial charge in [0.05, 0.1) is 33.8 Å². The zero-order valence-corrected chi connectivity index (χ0v) is 56.7. The summed E-state index contributed by atoms with van der Waals surface area (Å²) < 4.78 is 30.4. The Hall–Kier alpha value is -3.59. The van der Waals surface area contributed by atoms with Gasteiger partial charge in [0.2, 0.25) is 5.91 Å². The number of amides is 1. The molecular formula is C75H131N2O7P. The van der Waals surface area contributed by atoms with Crippen LogP contribution in [0.3, 0.4) is 0 Å². The molecule has 0 aromatic carbocycles. The van der Waals surface area contributed by atoms with Crippen LogP contribution in [-0.4, -0.2) is 69.4 Å². The molecular weight excluding hydrogens is 1070 g/mol. The van der Waals surface area contributed by atoms with Crippen molar-refractivity contribution in [2.45, 2.75) is 303 Å². The minimum absolute atomic E-state index is 0.0354. The molecule has 9 nitrogen and oxygen atoms in total. The van der Waals surface area contributed by atoms with Crippen LogP contribution in [0.5, 0.6) is 0 Å². The predicted octanol–water partition coefficient (Wildman–Crippen LogP) is 21.6. The molecule has 0 fully saturated rings. The highest BCUT2D eigenvalue weighted by atomic mass is 31.2. The number of ether oxygens (including phenoxy) is 1. The number of phosphoric ester groups is 1. The van der Waals surface area contributed by atoms with E-state index in [0.29, 0.717) is 23.9 Å². The second-order valence-electron chi connectivity index (χ2n) is 24.3. The molecule has 0 aliphatic rings. The van der Waals surface area contributed by atoms with Gasteiger partial charge in [0, 0.05) is 12.8 Å². The molecule has 488 valence electrons. The summed E-state index contributed by atoms with van der Waals surface area (Å²) in [6.45, 7) is 6.68.